The zero-order valence-corrected chi connectivity index (χ0v) is 12.1. The van der Waals surface area contributed by atoms with E-state index in [1.54, 1.807) is 11.3 Å². The van der Waals surface area contributed by atoms with Crippen LogP contribution in [0.1, 0.15) is 12.0 Å². The average Bonchev–Trinajstić information content (AvgIpc) is 3.03. The maximum absolute atomic E-state index is 12.4. The number of aliphatic carboxylic acids is 1. The van der Waals surface area contributed by atoms with Crippen molar-refractivity contribution in [3.8, 4) is 0 Å². The Morgan fingerprint density at radius 1 is 1.26 bits per heavy atom. The Balaban J connectivity index is 0.000000322. The van der Waals surface area contributed by atoms with Crippen LogP contribution in [0.3, 0.4) is 0 Å². The van der Waals surface area contributed by atoms with Crippen molar-refractivity contribution in [1.29, 1.82) is 0 Å². The highest BCUT2D eigenvalue weighted by molar-refractivity contribution is 7.07. The van der Waals surface area contributed by atoms with Crippen molar-refractivity contribution in [2.24, 2.45) is 10.2 Å². The molecule has 130 valence electrons. The van der Waals surface area contributed by atoms with Crippen LogP contribution in [0, 0.1) is 0 Å². The summed E-state index contributed by atoms with van der Waals surface area (Å²) in [5, 5.41) is 20.2. The van der Waals surface area contributed by atoms with Crippen LogP contribution in [-0.4, -0.2) is 35.6 Å². The maximum atomic E-state index is 12.4. The third kappa shape index (κ3) is 6.14. The summed E-state index contributed by atoms with van der Waals surface area (Å²) in [6.45, 7) is 0.833. The number of carboxylic acid groups (broad SMARTS) is 1. The van der Waals surface area contributed by atoms with Gasteiger partial charge in [0.25, 0.3) is 5.66 Å². The number of thiophene rings is 1. The molecular formula is C11H11F6N3O2S. The summed E-state index contributed by atoms with van der Waals surface area (Å²) in [6.07, 6.45) is -9.56. The number of nitrogens with one attached hydrogen (secondary N) is 1. The van der Waals surface area contributed by atoms with E-state index >= 15 is 0 Å². The number of carboxylic acids is 1. The number of alkyl halides is 6. The first-order valence-electron chi connectivity index (χ1n) is 6.01. The smallest absolute Gasteiger partial charge is 0.475 e. The van der Waals surface area contributed by atoms with E-state index in [1.165, 1.54) is 0 Å². The minimum atomic E-state index is -5.08. The Morgan fingerprint density at radius 3 is 2.17 bits per heavy atom. The molecule has 0 aromatic carbocycles. The normalized spacial score (nSPS) is 15.7. The van der Waals surface area contributed by atoms with Gasteiger partial charge in [0.1, 0.15) is 0 Å². The first-order chi connectivity index (χ1) is 10.5. The lowest BCUT2D eigenvalue weighted by atomic mass is 10.1. The largest absolute Gasteiger partial charge is 0.490 e. The number of halogens is 6. The van der Waals surface area contributed by atoms with E-state index in [4.69, 9.17) is 9.90 Å². The lowest BCUT2D eigenvalue weighted by Crippen LogP contribution is -2.35. The molecule has 0 atom stereocenters. The van der Waals surface area contributed by atoms with E-state index in [1.807, 2.05) is 16.8 Å². The predicted octanol–water partition coefficient (Wildman–Crippen LogP) is 3.59. The van der Waals surface area contributed by atoms with Gasteiger partial charge in [-0.25, -0.2) is 4.79 Å². The molecule has 12 heteroatoms. The van der Waals surface area contributed by atoms with Crippen LogP contribution in [0.2, 0.25) is 0 Å². The molecule has 0 saturated carbocycles. The molecule has 0 radical (unpaired) electrons. The van der Waals surface area contributed by atoms with E-state index in [9.17, 15) is 26.3 Å². The lowest BCUT2D eigenvalue weighted by molar-refractivity contribution is -0.192. The molecule has 23 heavy (non-hydrogen) atoms. The molecule has 2 N–H and O–H groups in total. The Hall–Kier alpha value is -1.69. The van der Waals surface area contributed by atoms with Crippen molar-refractivity contribution in [3.63, 3.8) is 0 Å². The van der Waals surface area contributed by atoms with Crippen LogP contribution in [-0.2, 0) is 11.3 Å². The highest BCUT2D eigenvalue weighted by atomic mass is 32.1. The van der Waals surface area contributed by atoms with Crippen molar-refractivity contribution in [1.82, 2.24) is 5.32 Å². The molecule has 0 amide bonds. The molecular weight excluding hydrogens is 352 g/mol. The first-order valence-corrected chi connectivity index (χ1v) is 6.95. The second-order valence-corrected chi connectivity index (χ2v) is 5.16. The quantitative estimate of drug-likeness (QED) is 0.620. The van der Waals surface area contributed by atoms with Crippen LogP contribution in [0.4, 0.5) is 26.3 Å². The van der Waals surface area contributed by atoms with Gasteiger partial charge in [0.15, 0.2) is 0 Å². The molecule has 1 aliphatic heterocycles. The molecule has 1 aromatic heterocycles. The summed E-state index contributed by atoms with van der Waals surface area (Å²) in [5.74, 6) is -2.76. The fraction of sp³-hybridized carbons (Fsp3) is 0.545. The molecule has 0 bridgehead atoms. The Labute approximate surface area is 130 Å². The second kappa shape index (κ2) is 7.25. The highest BCUT2D eigenvalue weighted by Gasteiger charge is 2.63. The van der Waals surface area contributed by atoms with Gasteiger partial charge in [0, 0.05) is 19.5 Å². The Bertz CT molecular complexity index is 535. The van der Waals surface area contributed by atoms with Crippen LogP contribution >= 0.6 is 11.3 Å². The van der Waals surface area contributed by atoms with E-state index in [2.05, 4.69) is 15.5 Å². The summed E-state index contributed by atoms with van der Waals surface area (Å²) in [6, 6.07) is 1.93. The molecule has 1 aliphatic rings. The van der Waals surface area contributed by atoms with E-state index < -0.39 is 24.0 Å². The van der Waals surface area contributed by atoms with Gasteiger partial charge in [-0.2, -0.15) is 37.7 Å². The van der Waals surface area contributed by atoms with Gasteiger partial charge in [-0.3, -0.25) is 0 Å². The topological polar surface area (TPSA) is 74.0 Å². The minimum absolute atomic E-state index is 0.124. The van der Waals surface area contributed by atoms with Crippen LogP contribution in [0.15, 0.2) is 27.1 Å². The molecule has 2 heterocycles. The zero-order chi connectivity index (χ0) is 17.7. The number of hydrogen-bond acceptors (Lipinski definition) is 5. The predicted molar refractivity (Wildman–Crippen MR) is 68.0 cm³/mol. The molecule has 5 nitrogen and oxygen atoms in total. The van der Waals surface area contributed by atoms with Crippen LogP contribution in [0.5, 0.6) is 0 Å². The van der Waals surface area contributed by atoms with Gasteiger partial charge in [-0.05, 0) is 22.4 Å². The molecule has 0 fully saturated rings. The lowest BCUT2D eigenvalue weighted by Gasteiger charge is -2.14. The van der Waals surface area contributed by atoms with Crippen molar-refractivity contribution >= 4 is 17.3 Å². The molecule has 1 aromatic rings. The number of carbonyl (C=O) groups is 1. The van der Waals surface area contributed by atoms with Crippen LogP contribution in [0.25, 0.3) is 0 Å². The zero-order valence-electron chi connectivity index (χ0n) is 11.3. The van der Waals surface area contributed by atoms with Gasteiger partial charge in [-0.15, -0.1) is 10.2 Å². The monoisotopic (exact) mass is 363 g/mol. The summed E-state index contributed by atoms with van der Waals surface area (Å²) in [7, 11) is 0. The average molecular weight is 363 g/mol. The third-order valence-corrected chi connectivity index (χ3v) is 3.33. The van der Waals surface area contributed by atoms with Crippen molar-refractivity contribution in [2.45, 2.75) is 31.0 Å². The molecule has 2 rings (SSSR count). The summed E-state index contributed by atoms with van der Waals surface area (Å²) in [4.78, 5) is 8.90. The highest BCUT2D eigenvalue weighted by Crippen LogP contribution is 2.46. The summed E-state index contributed by atoms with van der Waals surface area (Å²) in [5.41, 5.74) is -1.04. The van der Waals surface area contributed by atoms with E-state index in [0.717, 1.165) is 5.56 Å². The maximum Gasteiger partial charge on any atom is 0.490 e. The minimum Gasteiger partial charge on any atom is -0.475 e. The fourth-order valence-corrected chi connectivity index (χ4v) is 1.97. The molecule has 0 unspecified atom stereocenters. The van der Waals surface area contributed by atoms with Gasteiger partial charge < -0.3 is 10.4 Å². The molecule has 0 spiro atoms. The Kier molecular flexibility index (Phi) is 6.11. The van der Waals surface area contributed by atoms with Gasteiger partial charge in [0.2, 0.25) is 0 Å². The SMILES string of the molecule is FC(F)(F)C1(CCNCc2ccsc2)N=N1.O=C(O)C(F)(F)F. The van der Waals surface area contributed by atoms with E-state index in [-0.39, 0.29) is 13.0 Å². The van der Waals surface area contributed by atoms with Crippen molar-refractivity contribution in [2.75, 3.05) is 6.54 Å². The molecule has 0 aliphatic carbocycles. The molecule has 0 saturated heterocycles. The second-order valence-electron chi connectivity index (χ2n) is 4.38. The van der Waals surface area contributed by atoms with Crippen molar-refractivity contribution < 1.29 is 36.2 Å². The summed E-state index contributed by atoms with van der Waals surface area (Å²) < 4.78 is 68.9. The van der Waals surface area contributed by atoms with Gasteiger partial charge in [0.05, 0.1) is 0 Å². The van der Waals surface area contributed by atoms with Crippen LogP contribution < -0.4 is 5.32 Å². The third-order valence-electron chi connectivity index (χ3n) is 2.60. The number of nitrogens with zero attached hydrogens (tertiary/aromatic N) is 2. The Morgan fingerprint density at radius 2 is 1.83 bits per heavy atom. The van der Waals surface area contributed by atoms with E-state index in [0.29, 0.717) is 6.54 Å². The number of hydrogen-bond donors (Lipinski definition) is 2. The fourth-order valence-electron chi connectivity index (χ4n) is 1.30. The summed E-state index contributed by atoms with van der Waals surface area (Å²) >= 11 is 1.56. The van der Waals surface area contributed by atoms with Gasteiger partial charge in [-0.1, -0.05) is 0 Å². The first kappa shape index (κ1) is 19.4. The van der Waals surface area contributed by atoms with Crippen molar-refractivity contribution in [3.05, 3.63) is 22.4 Å². The standard InChI is InChI=1S/C9H10F3N3S.C2HF3O2/c10-9(11,12)8(14-15-8)2-3-13-5-7-1-4-16-6-7;3-2(4,5)1(6)7/h1,4,6,13H,2-3,5H2;(H,6,7). The van der Waals surface area contributed by atoms with Gasteiger partial charge >= 0.3 is 18.3 Å². The number of rotatable bonds is 5.